The predicted octanol–water partition coefficient (Wildman–Crippen LogP) is 2.05. The van der Waals surface area contributed by atoms with Crippen LogP contribution < -0.4 is 11.1 Å². The highest BCUT2D eigenvalue weighted by Gasteiger charge is 2.36. The van der Waals surface area contributed by atoms with Gasteiger partial charge in [0.15, 0.2) is 0 Å². The van der Waals surface area contributed by atoms with Crippen molar-refractivity contribution in [2.75, 3.05) is 19.8 Å². The first-order chi connectivity index (χ1) is 8.24. The van der Waals surface area contributed by atoms with E-state index in [2.05, 4.69) is 12.2 Å². The van der Waals surface area contributed by atoms with E-state index >= 15 is 0 Å². The highest BCUT2D eigenvalue weighted by atomic mass is 16.5. The van der Waals surface area contributed by atoms with E-state index in [0.717, 1.165) is 26.2 Å². The highest BCUT2D eigenvalue weighted by Crippen LogP contribution is 2.28. The number of nitrogens with two attached hydrogens (primary N) is 1. The smallest absolute Gasteiger partial charge is 0.0513 e. The second kappa shape index (κ2) is 6.17. The van der Waals surface area contributed by atoms with Gasteiger partial charge in [-0.1, -0.05) is 25.7 Å². The van der Waals surface area contributed by atoms with Crippen LogP contribution in [0.3, 0.4) is 0 Å². The van der Waals surface area contributed by atoms with Crippen LogP contribution in [0.2, 0.25) is 0 Å². The molecule has 0 bridgehead atoms. The van der Waals surface area contributed by atoms with Crippen LogP contribution in [-0.4, -0.2) is 31.3 Å². The molecule has 2 rings (SSSR count). The summed E-state index contributed by atoms with van der Waals surface area (Å²) in [6.07, 6.45) is 9.37. The Bertz CT molecular complexity index is 220. The zero-order valence-electron chi connectivity index (χ0n) is 11.2. The van der Waals surface area contributed by atoms with E-state index in [1.54, 1.807) is 0 Å². The van der Waals surface area contributed by atoms with Gasteiger partial charge in [-0.05, 0) is 26.2 Å². The maximum Gasteiger partial charge on any atom is 0.0513 e. The van der Waals surface area contributed by atoms with Crippen molar-refractivity contribution in [3.05, 3.63) is 0 Å². The Hall–Kier alpha value is -0.120. The molecule has 1 aliphatic heterocycles. The van der Waals surface area contributed by atoms with E-state index in [-0.39, 0.29) is 5.54 Å². The van der Waals surface area contributed by atoms with Crippen LogP contribution in [-0.2, 0) is 4.74 Å². The van der Waals surface area contributed by atoms with Gasteiger partial charge in [0.2, 0.25) is 0 Å². The molecule has 100 valence electrons. The van der Waals surface area contributed by atoms with Crippen LogP contribution in [0.25, 0.3) is 0 Å². The Morgan fingerprint density at radius 1 is 1.18 bits per heavy atom. The molecule has 2 atom stereocenters. The van der Waals surface area contributed by atoms with Crippen molar-refractivity contribution in [1.82, 2.24) is 5.32 Å². The Morgan fingerprint density at radius 3 is 2.41 bits per heavy atom. The van der Waals surface area contributed by atoms with Gasteiger partial charge < -0.3 is 15.8 Å². The first kappa shape index (κ1) is 13.3. The van der Waals surface area contributed by atoms with Crippen molar-refractivity contribution >= 4 is 0 Å². The molecule has 3 nitrogen and oxygen atoms in total. The first-order valence-electron chi connectivity index (χ1n) is 7.30. The number of hydrogen-bond donors (Lipinski definition) is 2. The third-order valence-electron chi connectivity index (χ3n) is 4.64. The molecule has 2 fully saturated rings. The van der Waals surface area contributed by atoms with E-state index in [1.807, 2.05) is 0 Å². The summed E-state index contributed by atoms with van der Waals surface area (Å²) in [5.74, 6) is 0.593. The molecule has 17 heavy (non-hydrogen) atoms. The van der Waals surface area contributed by atoms with E-state index in [0.29, 0.717) is 12.0 Å². The lowest BCUT2D eigenvalue weighted by atomic mass is 9.83. The predicted molar refractivity (Wildman–Crippen MR) is 71.0 cm³/mol. The molecule has 0 aromatic rings. The van der Waals surface area contributed by atoms with Gasteiger partial charge >= 0.3 is 0 Å². The molecule has 0 radical (unpaired) electrons. The van der Waals surface area contributed by atoms with Crippen LogP contribution in [0, 0.1) is 5.92 Å². The van der Waals surface area contributed by atoms with Crippen LogP contribution in [0.4, 0.5) is 0 Å². The van der Waals surface area contributed by atoms with Crippen LogP contribution in [0.1, 0.15) is 51.9 Å². The summed E-state index contributed by atoms with van der Waals surface area (Å²) in [4.78, 5) is 0. The molecule has 3 heteroatoms. The van der Waals surface area contributed by atoms with Gasteiger partial charge in [0.05, 0.1) is 6.61 Å². The molecule has 0 aromatic carbocycles. The molecule has 0 amide bonds. The van der Waals surface area contributed by atoms with Gasteiger partial charge in [-0.3, -0.25) is 0 Å². The fourth-order valence-electron chi connectivity index (χ4n) is 3.27. The lowest BCUT2D eigenvalue weighted by Gasteiger charge is -2.38. The molecular formula is C14H28N2O. The van der Waals surface area contributed by atoms with Crippen LogP contribution in [0.15, 0.2) is 0 Å². The van der Waals surface area contributed by atoms with Crippen LogP contribution in [0.5, 0.6) is 0 Å². The van der Waals surface area contributed by atoms with Gasteiger partial charge in [-0.25, -0.2) is 0 Å². The van der Waals surface area contributed by atoms with Gasteiger partial charge in [-0.15, -0.1) is 0 Å². The Morgan fingerprint density at radius 2 is 1.88 bits per heavy atom. The molecule has 1 heterocycles. The maximum absolute atomic E-state index is 6.03. The summed E-state index contributed by atoms with van der Waals surface area (Å²) in [7, 11) is 0. The van der Waals surface area contributed by atoms with Gasteiger partial charge in [0, 0.05) is 30.7 Å². The third kappa shape index (κ3) is 3.43. The van der Waals surface area contributed by atoms with Crippen LogP contribution >= 0.6 is 0 Å². The second-order valence-corrected chi connectivity index (χ2v) is 6.01. The minimum absolute atomic E-state index is 0.0749. The highest BCUT2D eigenvalue weighted by molar-refractivity contribution is 4.95. The zero-order chi connectivity index (χ0) is 12.1. The van der Waals surface area contributed by atoms with E-state index in [9.17, 15) is 0 Å². The van der Waals surface area contributed by atoms with Crippen molar-refractivity contribution in [3.8, 4) is 0 Å². The topological polar surface area (TPSA) is 47.3 Å². The fraction of sp³-hybridized carbons (Fsp3) is 1.00. The van der Waals surface area contributed by atoms with Gasteiger partial charge in [-0.2, -0.15) is 0 Å². The summed E-state index contributed by atoms with van der Waals surface area (Å²) in [5, 5.41) is 3.86. The van der Waals surface area contributed by atoms with Gasteiger partial charge in [0.25, 0.3) is 0 Å². The van der Waals surface area contributed by atoms with E-state index in [1.165, 1.54) is 38.5 Å². The number of nitrogens with one attached hydrogen (secondary N) is 1. The Labute approximate surface area is 105 Å². The van der Waals surface area contributed by atoms with E-state index in [4.69, 9.17) is 10.5 Å². The summed E-state index contributed by atoms with van der Waals surface area (Å²) >= 11 is 0. The quantitative estimate of drug-likeness (QED) is 0.739. The molecule has 1 aliphatic carbocycles. The second-order valence-electron chi connectivity index (χ2n) is 6.01. The normalized spacial score (nSPS) is 31.1. The van der Waals surface area contributed by atoms with Crippen molar-refractivity contribution in [2.24, 2.45) is 11.7 Å². The van der Waals surface area contributed by atoms with E-state index < -0.39 is 0 Å². The summed E-state index contributed by atoms with van der Waals surface area (Å²) in [6, 6.07) is 0.673. The molecular weight excluding hydrogens is 212 g/mol. The molecule has 1 saturated carbocycles. The van der Waals surface area contributed by atoms with Crippen molar-refractivity contribution in [3.63, 3.8) is 0 Å². The van der Waals surface area contributed by atoms with Crippen molar-refractivity contribution in [2.45, 2.75) is 63.5 Å². The summed E-state index contributed by atoms with van der Waals surface area (Å²) < 4.78 is 5.52. The summed E-state index contributed by atoms with van der Waals surface area (Å²) in [6.45, 7) is 4.80. The molecule has 2 unspecified atom stereocenters. The lowest BCUT2D eigenvalue weighted by molar-refractivity contribution is 0.146. The third-order valence-corrected chi connectivity index (χ3v) is 4.64. The number of rotatable bonds is 4. The molecule has 0 aromatic heterocycles. The first-order valence-corrected chi connectivity index (χ1v) is 7.30. The molecule has 1 saturated heterocycles. The number of ether oxygens (including phenoxy) is 1. The standard InChI is InChI=1S/C14H28N2O/c1-14(11-15,12-8-9-17-10-12)16-13-6-4-2-3-5-7-13/h12-13,16H,2-11,15H2,1H3. The Balaban J connectivity index is 1.92. The number of hydrogen-bond acceptors (Lipinski definition) is 3. The monoisotopic (exact) mass is 240 g/mol. The average molecular weight is 240 g/mol. The van der Waals surface area contributed by atoms with Crippen molar-refractivity contribution in [1.29, 1.82) is 0 Å². The maximum atomic E-state index is 6.03. The SMILES string of the molecule is CC(CN)(NC1CCCCCC1)C1CCOC1. The largest absolute Gasteiger partial charge is 0.381 e. The molecule has 2 aliphatic rings. The fourth-order valence-corrected chi connectivity index (χ4v) is 3.27. The average Bonchev–Trinajstić information content (AvgIpc) is 2.77. The lowest BCUT2D eigenvalue weighted by Crippen LogP contribution is -2.57. The molecule has 0 spiro atoms. The van der Waals surface area contributed by atoms with Gasteiger partial charge in [0.1, 0.15) is 0 Å². The van der Waals surface area contributed by atoms with Crippen molar-refractivity contribution < 1.29 is 4.74 Å². The minimum Gasteiger partial charge on any atom is -0.381 e. The Kier molecular flexibility index (Phi) is 4.83. The summed E-state index contributed by atoms with van der Waals surface area (Å²) in [5.41, 5.74) is 6.10. The molecule has 3 N–H and O–H groups in total. The minimum atomic E-state index is 0.0749. The zero-order valence-corrected chi connectivity index (χ0v) is 11.2.